The molecule has 0 aliphatic heterocycles. The molecule has 0 aromatic heterocycles. The van der Waals surface area contributed by atoms with E-state index in [2.05, 4.69) is 34.6 Å². The molecule has 0 radical (unpaired) electrons. The second kappa shape index (κ2) is 15.8. The third-order valence-corrected chi connectivity index (χ3v) is 15.7. The van der Waals surface area contributed by atoms with Gasteiger partial charge in [0, 0.05) is 0 Å². The number of fused-ring (bicyclic) bond motifs is 5. The van der Waals surface area contributed by atoms with Gasteiger partial charge in [-0.25, -0.2) is 9.59 Å². The number of hydrogen-bond donors (Lipinski definition) is 4. The highest BCUT2D eigenvalue weighted by molar-refractivity contribution is 6.33. The average molecular weight is 768 g/mol. The highest BCUT2D eigenvalue weighted by atomic mass is 35.5. The summed E-state index contributed by atoms with van der Waals surface area (Å²) in [7, 11) is 0. The number of allylic oxidation sites excluding steroid dienone is 1. The summed E-state index contributed by atoms with van der Waals surface area (Å²) in [6.07, 6.45) is 19.8. The maximum Gasteiger partial charge on any atom is 0.339 e. The van der Waals surface area contributed by atoms with Gasteiger partial charge in [-0.1, -0.05) is 83.2 Å². The van der Waals surface area contributed by atoms with E-state index in [4.69, 9.17) is 23.2 Å². The van der Waals surface area contributed by atoms with Crippen LogP contribution in [-0.4, -0.2) is 32.4 Å². The van der Waals surface area contributed by atoms with Crippen LogP contribution < -0.4 is 0 Å². The number of benzene rings is 2. The minimum absolute atomic E-state index is 0.122. The first-order chi connectivity index (χ1) is 25.0. The minimum atomic E-state index is -1.33. The molecular weight excluding hydrogens is 707 g/mol. The molecule has 2 aromatic carbocycles. The van der Waals surface area contributed by atoms with Crippen molar-refractivity contribution >= 4 is 40.7 Å². The van der Waals surface area contributed by atoms with E-state index in [1.807, 2.05) is 6.08 Å². The summed E-state index contributed by atoms with van der Waals surface area (Å²) in [6.45, 7) is 12.6. The van der Waals surface area contributed by atoms with Gasteiger partial charge in [-0.2, -0.15) is 0 Å². The Morgan fingerprint density at radius 2 is 1.38 bits per heavy atom. The Morgan fingerprint density at radius 3 is 1.96 bits per heavy atom. The Hall–Kier alpha value is -2.70. The normalized spacial score (nSPS) is 31.3. The van der Waals surface area contributed by atoms with E-state index in [1.54, 1.807) is 0 Å². The molecule has 6 nitrogen and oxygen atoms in total. The van der Waals surface area contributed by atoms with E-state index in [0.717, 1.165) is 47.8 Å². The second-order valence-electron chi connectivity index (χ2n) is 18.3. The molecule has 4 fully saturated rings. The van der Waals surface area contributed by atoms with E-state index in [-0.39, 0.29) is 21.2 Å². The summed E-state index contributed by atoms with van der Waals surface area (Å²) in [6, 6.07) is 5.65. The lowest BCUT2D eigenvalue weighted by atomic mass is 9.44. The van der Waals surface area contributed by atoms with Gasteiger partial charge in [0.1, 0.15) is 22.6 Å². The van der Waals surface area contributed by atoms with Gasteiger partial charge in [-0.05, 0) is 170 Å². The molecule has 0 saturated heterocycles. The number of carboxylic acid groups (broad SMARTS) is 2. The summed E-state index contributed by atoms with van der Waals surface area (Å²) in [5.41, 5.74) is 1.58. The Balaban J connectivity index is 1.17. The Kier molecular flexibility index (Phi) is 11.9. The first-order valence-electron chi connectivity index (χ1n) is 20.3. The van der Waals surface area contributed by atoms with Crippen molar-refractivity contribution in [3.63, 3.8) is 0 Å². The van der Waals surface area contributed by atoms with E-state index in [1.165, 1.54) is 101 Å². The lowest BCUT2D eigenvalue weighted by molar-refractivity contribution is -0.121. The number of halogens is 2. The fourth-order valence-corrected chi connectivity index (χ4v) is 12.8. The number of phenols is 2. The van der Waals surface area contributed by atoms with Gasteiger partial charge in [-0.15, -0.1) is 0 Å². The number of hydrogen-bond acceptors (Lipinski definition) is 4. The zero-order valence-corrected chi connectivity index (χ0v) is 33.8. The van der Waals surface area contributed by atoms with Gasteiger partial charge in [0.2, 0.25) is 0 Å². The van der Waals surface area contributed by atoms with Crippen molar-refractivity contribution in [2.45, 2.75) is 125 Å². The molecule has 9 atom stereocenters. The van der Waals surface area contributed by atoms with Crippen molar-refractivity contribution in [1.82, 2.24) is 0 Å². The van der Waals surface area contributed by atoms with Crippen molar-refractivity contribution in [1.29, 1.82) is 0 Å². The van der Waals surface area contributed by atoms with Gasteiger partial charge in [0.15, 0.2) is 0 Å². The van der Waals surface area contributed by atoms with Gasteiger partial charge in [-0.3, -0.25) is 0 Å². The van der Waals surface area contributed by atoms with Crippen LogP contribution in [0.2, 0.25) is 10.0 Å². The SMILES string of the molecule is CC(C)CCC[C@@H](C)[C@H]1CC[C@H]2[C@@H]3CC[C@@H]4C[C@@H](CCC=C(c5cc(Cl)c(O)c(C(=O)O)c5)c5cc(Cl)c(O)c(C(=O)O)c5)CC[C@]4(C)[C@H]3CC[C@]12C. The maximum atomic E-state index is 12.0. The molecule has 0 amide bonds. The van der Waals surface area contributed by atoms with Gasteiger partial charge >= 0.3 is 11.9 Å². The van der Waals surface area contributed by atoms with Gasteiger partial charge in [0.25, 0.3) is 0 Å². The lowest BCUT2D eigenvalue weighted by Crippen LogP contribution is -2.53. The predicted octanol–water partition coefficient (Wildman–Crippen LogP) is 12.8. The minimum Gasteiger partial charge on any atom is -0.505 e. The molecule has 0 heterocycles. The van der Waals surface area contributed by atoms with E-state index < -0.39 is 23.4 Å². The zero-order chi connectivity index (χ0) is 38.4. The van der Waals surface area contributed by atoms with Crippen LogP contribution in [0.5, 0.6) is 11.5 Å². The van der Waals surface area contributed by atoms with E-state index >= 15 is 0 Å². The highest BCUT2D eigenvalue weighted by Crippen LogP contribution is 2.69. The van der Waals surface area contributed by atoms with Crippen molar-refractivity contribution in [3.8, 4) is 11.5 Å². The molecule has 4 aliphatic rings. The lowest BCUT2D eigenvalue weighted by Gasteiger charge is -2.61. The van der Waals surface area contributed by atoms with Crippen LogP contribution in [0.4, 0.5) is 0 Å². The zero-order valence-electron chi connectivity index (χ0n) is 32.3. The third kappa shape index (κ3) is 7.75. The summed E-state index contributed by atoms with van der Waals surface area (Å²) in [5.74, 6) is 2.64. The van der Waals surface area contributed by atoms with Crippen molar-refractivity contribution < 1.29 is 30.0 Å². The number of carbonyl (C=O) groups is 2. The van der Waals surface area contributed by atoms with Crippen LogP contribution in [0.3, 0.4) is 0 Å². The predicted molar refractivity (Wildman–Crippen MR) is 213 cm³/mol. The highest BCUT2D eigenvalue weighted by Gasteiger charge is 2.60. The van der Waals surface area contributed by atoms with Gasteiger partial charge in [0.05, 0.1) is 10.0 Å². The number of aromatic carboxylic acids is 2. The van der Waals surface area contributed by atoms with Crippen LogP contribution in [0, 0.1) is 58.2 Å². The molecule has 0 spiro atoms. The summed E-state index contributed by atoms with van der Waals surface area (Å²) >= 11 is 12.6. The number of rotatable bonds is 12. The smallest absolute Gasteiger partial charge is 0.339 e. The standard InChI is InChI=1S/C45H60Cl2O6/c1-25(2)8-6-9-26(3)35-14-15-36-32-13-12-30-20-27(16-18-44(30,4)37(32)17-19-45(35,36)5)10-7-11-31(28-21-33(42(50)51)40(48)38(46)23-28)29-22-34(43(52)53)41(49)39(47)24-29/h11,21-27,30,32,35-37,48-49H,6-10,12-20H2,1-5H3,(H,50,51)(H,52,53)/t26-,27+,30-,32+,35-,36+,37+,44+,45-/m1/s1. The van der Waals surface area contributed by atoms with Crippen LogP contribution >= 0.6 is 23.2 Å². The van der Waals surface area contributed by atoms with Crippen molar-refractivity contribution in [2.75, 3.05) is 0 Å². The third-order valence-electron chi connectivity index (χ3n) is 15.1. The molecule has 0 unspecified atom stereocenters. The Morgan fingerprint density at radius 1 is 0.792 bits per heavy atom. The van der Waals surface area contributed by atoms with E-state index in [9.17, 15) is 30.0 Å². The van der Waals surface area contributed by atoms with E-state index in [0.29, 0.717) is 39.9 Å². The monoisotopic (exact) mass is 766 g/mol. The fourth-order valence-electron chi connectivity index (χ4n) is 12.3. The summed E-state index contributed by atoms with van der Waals surface area (Å²) < 4.78 is 0. The maximum absolute atomic E-state index is 12.0. The molecular formula is C45H60Cl2O6. The molecule has 290 valence electrons. The van der Waals surface area contributed by atoms with Gasteiger partial charge < -0.3 is 20.4 Å². The summed E-state index contributed by atoms with van der Waals surface area (Å²) in [4.78, 5) is 23.9. The second-order valence-corrected chi connectivity index (χ2v) is 19.2. The number of aromatic hydroxyl groups is 2. The molecule has 4 saturated carbocycles. The van der Waals surface area contributed by atoms with Crippen LogP contribution in [0.1, 0.15) is 156 Å². The summed E-state index contributed by atoms with van der Waals surface area (Å²) in [5, 5.41) is 40.0. The first-order valence-corrected chi connectivity index (χ1v) is 21.0. The molecule has 6 rings (SSSR count). The Labute approximate surface area is 326 Å². The van der Waals surface area contributed by atoms with Crippen LogP contribution in [0.25, 0.3) is 5.57 Å². The quantitative estimate of drug-likeness (QED) is 0.171. The molecule has 53 heavy (non-hydrogen) atoms. The molecule has 2 aromatic rings. The number of carboxylic acids is 2. The molecule has 8 heteroatoms. The largest absolute Gasteiger partial charge is 0.505 e. The van der Waals surface area contributed by atoms with Crippen LogP contribution in [-0.2, 0) is 0 Å². The molecule has 4 N–H and O–H groups in total. The Bertz CT molecular complexity index is 1660. The van der Waals surface area contributed by atoms with Crippen molar-refractivity contribution in [2.24, 2.45) is 58.2 Å². The average Bonchev–Trinajstić information content (AvgIpc) is 3.46. The van der Waals surface area contributed by atoms with Crippen molar-refractivity contribution in [3.05, 3.63) is 62.6 Å². The first kappa shape index (κ1) is 40.0. The molecule has 0 bridgehead atoms. The topological polar surface area (TPSA) is 115 Å². The molecule has 4 aliphatic carbocycles. The van der Waals surface area contributed by atoms with Crippen LogP contribution in [0.15, 0.2) is 30.3 Å². The fraction of sp³-hybridized carbons (Fsp3) is 0.644.